The first kappa shape index (κ1) is 23.3. The van der Waals surface area contributed by atoms with Gasteiger partial charge >= 0.3 is 5.97 Å². The molecule has 2 N–H and O–H groups in total. The predicted octanol–water partition coefficient (Wildman–Crippen LogP) is 2.77. The highest BCUT2D eigenvalue weighted by Gasteiger charge is 2.23. The van der Waals surface area contributed by atoms with E-state index in [0.29, 0.717) is 29.1 Å². The van der Waals surface area contributed by atoms with Gasteiger partial charge in [-0.15, -0.1) is 11.3 Å². The molecule has 1 aliphatic heterocycles. The topological polar surface area (TPSA) is 91.8 Å². The van der Waals surface area contributed by atoms with Crippen LogP contribution < -0.4 is 5.32 Å². The van der Waals surface area contributed by atoms with Gasteiger partial charge in [0.25, 0.3) is 0 Å². The quantitative estimate of drug-likeness (QED) is 0.535. The van der Waals surface area contributed by atoms with E-state index in [9.17, 15) is 9.59 Å². The minimum atomic E-state index is -0.912. The van der Waals surface area contributed by atoms with Crippen LogP contribution in [0.15, 0.2) is 32.5 Å². The highest BCUT2D eigenvalue weighted by atomic mass is 35.5. The van der Waals surface area contributed by atoms with Gasteiger partial charge in [-0.2, -0.15) is 0 Å². The lowest BCUT2D eigenvalue weighted by Crippen LogP contribution is -2.48. The lowest BCUT2D eigenvalue weighted by atomic mass is 9.96. The largest absolute Gasteiger partial charge is 0.481 e. The summed E-state index contributed by atoms with van der Waals surface area (Å²) >= 11 is 8.93. The minimum absolute atomic E-state index is 0.0324. The fourth-order valence-corrected chi connectivity index (χ4v) is 5.29. The number of amides is 1. The molecule has 10 heteroatoms. The molecule has 0 bridgehead atoms. The molecule has 1 aromatic heterocycles. The van der Waals surface area contributed by atoms with Crippen LogP contribution in [-0.2, 0) is 20.7 Å². The van der Waals surface area contributed by atoms with Crippen LogP contribution in [0.1, 0.15) is 19.0 Å². The van der Waals surface area contributed by atoms with Gasteiger partial charge in [0.05, 0.1) is 30.6 Å². The van der Waals surface area contributed by atoms with E-state index in [0.717, 1.165) is 36.7 Å². The lowest BCUT2D eigenvalue weighted by Gasteiger charge is -2.35. The van der Waals surface area contributed by atoms with E-state index in [1.807, 2.05) is 6.92 Å². The molecule has 1 aliphatic carbocycles. The SMILES string of the molecule is CC1=CCC(CN2CCO[C@@H](CNC(=O)CSc3nc(CC(=O)O)cs3)C2)C=C1Cl. The summed E-state index contributed by atoms with van der Waals surface area (Å²) in [6.07, 6.45) is 5.20. The molecule has 2 heterocycles. The fraction of sp³-hybridized carbons (Fsp3) is 0.550. The Morgan fingerprint density at radius 2 is 2.33 bits per heavy atom. The Kier molecular flexibility index (Phi) is 8.76. The first-order chi connectivity index (χ1) is 14.4. The van der Waals surface area contributed by atoms with E-state index in [-0.39, 0.29) is 24.2 Å². The molecule has 0 radical (unpaired) electrons. The maximum absolute atomic E-state index is 12.2. The second-order valence-corrected chi connectivity index (χ2v) is 9.91. The Labute approximate surface area is 189 Å². The van der Waals surface area contributed by atoms with Crippen molar-refractivity contribution in [1.82, 2.24) is 15.2 Å². The predicted molar refractivity (Wildman–Crippen MR) is 119 cm³/mol. The third kappa shape index (κ3) is 7.39. The number of aliphatic carboxylic acids is 1. The highest BCUT2D eigenvalue weighted by Crippen LogP contribution is 2.26. The van der Waals surface area contributed by atoms with Gasteiger partial charge in [-0.3, -0.25) is 14.5 Å². The number of allylic oxidation sites excluding steroid dienone is 3. The molecular weight excluding hydrogens is 446 g/mol. The number of halogens is 1. The van der Waals surface area contributed by atoms with Crippen LogP contribution in [0.3, 0.4) is 0 Å². The molecule has 7 nitrogen and oxygen atoms in total. The number of carbonyl (C=O) groups is 2. The van der Waals surface area contributed by atoms with Crippen molar-refractivity contribution in [2.24, 2.45) is 5.92 Å². The number of morpholine rings is 1. The number of nitrogens with one attached hydrogen (secondary N) is 1. The second-order valence-electron chi connectivity index (χ2n) is 7.42. The number of carbonyl (C=O) groups excluding carboxylic acids is 1. The van der Waals surface area contributed by atoms with Crippen molar-refractivity contribution in [2.75, 3.05) is 38.5 Å². The summed E-state index contributed by atoms with van der Waals surface area (Å²) in [6, 6.07) is 0. The first-order valence-electron chi connectivity index (χ1n) is 9.83. The molecule has 164 valence electrons. The molecule has 0 aromatic carbocycles. The summed E-state index contributed by atoms with van der Waals surface area (Å²) in [4.78, 5) is 29.5. The number of hydrogen-bond donors (Lipinski definition) is 2. The van der Waals surface area contributed by atoms with Crippen LogP contribution >= 0.6 is 34.7 Å². The van der Waals surface area contributed by atoms with Gasteiger partial charge < -0.3 is 15.2 Å². The molecule has 0 saturated carbocycles. The smallest absolute Gasteiger partial charge is 0.309 e. The van der Waals surface area contributed by atoms with Gasteiger partial charge in [-0.05, 0) is 24.8 Å². The number of thioether (sulfide) groups is 1. The van der Waals surface area contributed by atoms with E-state index >= 15 is 0 Å². The van der Waals surface area contributed by atoms with Crippen LogP contribution in [0.2, 0.25) is 0 Å². The molecule has 1 amide bonds. The number of ether oxygens (including phenoxy) is 1. The zero-order valence-corrected chi connectivity index (χ0v) is 19.2. The van der Waals surface area contributed by atoms with E-state index < -0.39 is 5.97 Å². The van der Waals surface area contributed by atoms with Crippen molar-refractivity contribution in [1.29, 1.82) is 0 Å². The van der Waals surface area contributed by atoms with Gasteiger partial charge in [0, 0.05) is 36.6 Å². The van der Waals surface area contributed by atoms with Crippen LogP contribution in [0.4, 0.5) is 0 Å². The summed E-state index contributed by atoms with van der Waals surface area (Å²) in [5.41, 5.74) is 1.66. The van der Waals surface area contributed by atoms with Gasteiger partial charge in [-0.25, -0.2) is 4.98 Å². The molecule has 1 saturated heterocycles. The summed E-state index contributed by atoms with van der Waals surface area (Å²) in [7, 11) is 0. The molecule has 1 aromatic rings. The van der Waals surface area contributed by atoms with Crippen LogP contribution in [-0.4, -0.2) is 71.5 Å². The van der Waals surface area contributed by atoms with Crippen molar-refractivity contribution >= 4 is 46.6 Å². The maximum Gasteiger partial charge on any atom is 0.309 e. The number of aromatic nitrogens is 1. The van der Waals surface area contributed by atoms with E-state index in [4.69, 9.17) is 21.4 Å². The third-order valence-electron chi connectivity index (χ3n) is 4.92. The molecule has 0 spiro atoms. The average molecular weight is 472 g/mol. The molecule has 1 unspecified atom stereocenters. The van der Waals surface area contributed by atoms with Crippen molar-refractivity contribution in [3.63, 3.8) is 0 Å². The first-order valence-corrected chi connectivity index (χ1v) is 12.1. The average Bonchev–Trinajstić information content (AvgIpc) is 3.14. The van der Waals surface area contributed by atoms with E-state index in [1.165, 1.54) is 23.1 Å². The monoisotopic (exact) mass is 471 g/mol. The maximum atomic E-state index is 12.2. The highest BCUT2D eigenvalue weighted by molar-refractivity contribution is 8.01. The van der Waals surface area contributed by atoms with Gasteiger partial charge in [0.15, 0.2) is 4.34 Å². The Morgan fingerprint density at radius 3 is 3.10 bits per heavy atom. The van der Waals surface area contributed by atoms with E-state index in [2.05, 4.69) is 27.4 Å². The number of hydrogen-bond acceptors (Lipinski definition) is 7. The Balaban J connectivity index is 1.36. The van der Waals surface area contributed by atoms with Crippen molar-refractivity contribution in [3.8, 4) is 0 Å². The standard InChI is InChI=1S/C20H26ClN3O4S2/c1-13-2-3-14(6-17(13)21)9-24-4-5-28-16(10-24)8-22-18(25)12-30-20-23-15(11-29-20)7-19(26)27/h2,6,11,14,16H,3-5,7-10,12H2,1H3,(H,22,25)(H,26,27)/t14?,16-/m0/s1. The molecule has 1 fully saturated rings. The normalized spacial score (nSPS) is 22.3. The summed E-state index contributed by atoms with van der Waals surface area (Å²) in [6.45, 7) is 5.76. The molecule has 30 heavy (non-hydrogen) atoms. The van der Waals surface area contributed by atoms with Gasteiger partial charge in [0.1, 0.15) is 0 Å². The lowest BCUT2D eigenvalue weighted by molar-refractivity contribution is -0.136. The zero-order valence-electron chi connectivity index (χ0n) is 16.8. The fourth-order valence-electron chi connectivity index (χ4n) is 3.36. The Hall–Kier alpha value is -1.39. The summed E-state index contributed by atoms with van der Waals surface area (Å²) < 4.78 is 6.51. The summed E-state index contributed by atoms with van der Waals surface area (Å²) in [5.74, 6) is -0.341. The second kappa shape index (κ2) is 11.3. The molecular formula is C20H26ClN3O4S2. The zero-order chi connectivity index (χ0) is 21.5. The van der Waals surface area contributed by atoms with Crippen molar-refractivity contribution in [3.05, 3.63) is 33.8 Å². The number of carboxylic acids is 1. The van der Waals surface area contributed by atoms with E-state index in [1.54, 1.807) is 5.38 Å². The number of thiazole rings is 1. The number of rotatable bonds is 9. The Bertz CT molecular complexity index is 827. The van der Waals surface area contributed by atoms with Crippen molar-refractivity contribution < 1.29 is 19.4 Å². The van der Waals surface area contributed by atoms with Crippen LogP contribution in [0.5, 0.6) is 0 Å². The third-order valence-corrected chi connectivity index (χ3v) is 7.41. The number of carboxylic acid groups (broad SMARTS) is 1. The van der Waals surface area contributed by atoms with Crippen LogP contribution in [0, 0.1) is 5.92 Å². The number of nitrogens with zero attached hydrogens (tertiary/aromatic N) is 2. The molecule has 2 atom stereocenters. The minimum Gasteiger partial charge on any atom is -0.481 e. The Morgan fingerprint density at radius 1 is 1.50 bits per heavy atom. The van der Waals surface area contributed by atoms with Crippen molar-refractivity contribution in [2.45, 2.75) is 30.2 Å². The summed E-state index contributed by atoms with van der Waals surface area (Å²) in [5, 5.41) is 14.3. The molecule has 2 aliphatic rings. The van der Waals surface area contributed by atoms with Gasteiger partial charge in [-0.1, -0.05) is 35.5 Å². The van der Waals surface area contributed by atoms with Crippen LogP contribution in [0.25, 0.3) is 0 Å². The molecule has 3 rings (SSSR count). The van der Waals surface area contributed by atoms with Gasteiger partial charge in [0.2, 0.25) is 5.91 Å².